The molecule has 0 radical (unpaired) electrons. The van der Waals surface area contributed by atoms with Gasteiger partial charge in [-0.2, -0.15) is 0 Å². The molecule has 1 aromatic carbocycles. The van der Waals surface area contributed by atoms with Gasteiger partial charge in [0.1, 0.15) is 5.58 Å². The fourth-order valence-corrected chi connectivity index (χ4v) is 1.60. The van der Waals surface area contributed by atoms with E-state index in [-0.39, 0.29) is 5.43 Å². The van der Waals surface area contributed by atoms with E-state index < -0.39 is 0 Å². The lowest BCUT2D eigenvalue weighted by atomic mass is 10.2. The predicted molar refractivity (Wildman–Crippen MR) is 55.1 cm³/mol. The number of hydrogen-bond donors (Lipinski definition) is 0. The first kappa shape index (κ1) is 8.51. The topological polar surface area (TPSA) is 30.2 Å². The largest absolute Gasteiger partial charge is 0.464 e. The van der Waals surface area contributed by atoms with Gasteiger partial charge in [0.05, 0.1) is 11.6 Å². The first-order valence-electron chi connectivity index (χ1n) is 3.88. The van der Waals surface area contributed by atoms with Gasteiger partial charge in [-0.3, -0.25) is 4.79 Å². The van der Waals surface area contributed by atoms with Crippen molar-refractivity contribution in [3.63, 3.8) is 0 Å². The maximum Gasteiger partial charge on any atom is 0.196 e. The molecule has 2 aromatic rings. The van der Waals surface area contributed by atoms with E-state index in [0.717, 1.165) is 0 Å². The van der Waals surface area contributed by atoms with Crippen molar-refractivity contribution in [3.8, 4) is 0 Å². The van der Waals surface area contributed by atoms with Crippen molar-refractivity contribution in [3.05, 3.63) is 46.3 Å². The summed E-state index contributed by atoms with van der Waals surface area (Å²) < 4.78 is 5.28. The number of halogens is 1. The Bertz CT molecular complexity index is 487. The van der Waals surface area contributed by atoms with Crippen molar-refractivity contribution >= 4 is 26.9 Å². The van der Waals surface area contributed by atoms with Crippen LogP contribution in [0.2, 0.25) is 0 Å². The molecule has 0 saturated heterocycles. The van der Waals surface area contributed by atoms with Crippen LogP contribution in [0.3, 0.4) is 0 Å². The van der Waals surface area contributed by atoms with E-state index in [9.17, 15) is 4.79 Å². The van der Waals surface area contributed by atoms with E-state index >= 15 is 0 Å². The van der Waals surface area contributed by atoms with Crippen molar-refractivity contribution in [2.75, 3.05) is 0 Å². The molecule has 0 aliphatic carbocycles. The third kappa shape index (κ3) is 1.40. The second-order valence-electron chi connectivity index (χ2n) is 2.72. The maximum atomic E-state index is 11.7. The van der Waals surface area contributed by atoms with E-state index in [1.54, 1.807) is 12.1 Å². The van der Waals surface area contributed by atoms with Crippen LogP contribution in [0.4, 0.5) is 0 Å². The Morgan fingerprint density at radius 1 is 1.31 bits per heavy atom. The minimum Gasteiger partial charge on any atom is -0.464 e. The minimum atomic E-state index is 0.0405. The van der Waals surface area contributed by atoms with E-state index in [1.165, 1.54) is 6.26 Å². The standard InChI is InChI=1S/C10H7BrO2/c11-5-7-6-13-9-4-2-1-3-8(9)10(7)12/h1-4,6H,5H2. The summed E-state index contributed by atoms with van der Waals surface area (Å²) in [6.45, 7) is 0. The maximum absolute atomic E-state index is 11.7. The smallest absolute Gasteiger partial charge is 0.196 e. The normalized spacial score (nSPS) is 10.5. The molecule has 0 amide bonds. The van der Waals surface area contributed by atoms with Gasteiger partial charge in [-0.1, -0.05) is 28.1 Å². The Morgan fingerprint density at radius 3 is 2.85 bits per heavy atom. The third-order valence-electron chi connectivity index (χ3n) is 1.90. The lowest BCUT2D eigenvalue weighted by Gasteiger charge is -1.97. The van der Waals surface area contributed by atoms with Crippen LogP contribution in [0.5, 0.6) is 0 Å². The molecule has 1 heterocycles. The molecule has 0 saturated carbocycles. The van der Waals surface area contributed by atoms with Crippen molar-refractivity contribution < 1.29 is 4.42 Å². The summed E-state index contributed by atoms with van der Waals surface area (Å²) in [5.41, 5.74) is 1.33. The molecule has 0 N–H and O–H groups in total. The molecule has 0 aliphatic rings. The lowest BCUT2D eigenvalue weighted by molar-refractivity contribution is 0.597. The number of fused-ring (bicyclic) bond motifs is 1. The summed E-state index contributed by atoms with van der Waals surface area (Å²) in [4.78, 5) is 11.7. The first-order chi connectivity index (χ1) is 6.33. The summed E-state index contributed by atoms with van der Waals surface area (Å²) in [5.74, 6) is 0. The van der Waals surface area contributed by atoms with Crippen LogP contribution >= 0.6 is 15.9 Å². The zero-order valence-electron chi connectivity index (χ0n) is 6.79. The van der Waals surface area contributed by atoms with E-state index in [2.05, 4.69) is 15.9 Å². The van der Waals surface area contributed by atoms with Crippen LogP contribution in [0.1, 0.15) is 5.56 Å². The van der Waals surface area contributed by atoms with Crippen LogP contribution in [-0.2, 0) is 5.33 Å². The molecule has 0 fully saturated rings. The van der Waals surface area contributed by atoms with Gasteiger partial charge in [-0.25, -0.2) is 0 Å². The molecular weight excluding hydrogens is 232 g/mol. The monoisotopic (exact) mass is 238 g/mol. The van der Waals surface area contributed by atoms with Gasteiger partial charge in [0.2, 0.25) is 0 Å². The molecule has 2 rings (SSSR count). The molecule has 13 heavy (non-hydrogen) atoms. The highest BCUT2D eigenvalue weighted by Gasteiger charge is 2.03. The number of hydrogen-bond acceptors (Lipinski definition) is 2. The molecule has 3 heteroatoms. The van der Waals surface area contributed by atoms with Gasteiger partial charge in [0.25, 0.3) is 0 Å². The second-order valence-corrected chi connectivity index (χ2v) is 3.28. The quantitative estimate of drug-likeness (QED) is 0.716. The van der Waals surface area contributed by atoms with Gasteiger partial charge in [-0.15, -0.1) is 0 Å². The molecule has 66 valence electrons. The summed E-state index contributed by atoms with van der Waals surface area (Å²) in [6, 6.07) is 7.23. The number of benzene rings is 1. The summed E-state index contributed by atoms with van der Waals surface area (Å²) in [7, 11) is 0. The molecular formula is C10H7BrO2. The van der Waals surface area contributed by atoms with Crippen molar-refractivity contribution in [2.45, 2.75) is 5.33 Å². The molecule has 1 aromatic heterocycles. The van der Waals surface area contributed by atoms with Gasteiger partial charge in [0.15, 0.2) is 5.43 Å². The second kappa shape index (κ2) is 3.34. The van der Waals surface area contributed by atoms with Crippen LogP contribution in [0.25, 0.3) is 11.0 Å². The third-order valence-corrected chi connectivity index (χ3v) is 2.50. The van der Waals surface area contributed by atoms with Gasteiger partial charge >= 0.3 is 0 Å². The molecule has 0 spiro atoms. The van der Waals surface area contributed by atoms with Gasteiger partial charge in [-0.05, 0) is 12.1 Å². The number of para-hydroxylation sites is 1. The van der Waals surface area contributed by atoms with E-state index in [0.29, 0.717) is 21.9 Å². The SMILES string of the molecule is O=c1c(CBr)coc2ccccc12. The summed E-state index contributed by atoms with van der Waals surface area (Å²) >= 11 is 3.23. The Morgan fingerprint density at radius 2 is 2.08 bits per heavy atom. The highest BCUT2D eigenvalue weighted by atomic mass is 79.9. The number of rotatable bonds is 1. The lowest BCUT2D eigenvalue weighted by Crippen LogP contribution is -2.06. The van der Waals surface area contributed by atoms with Crippen molar-refractivity contribution in [2.24, 2.45) is 0 Å². The van der Waals surface area contributed by atoms with Crippen LogP contribution < -0.4 is 5.43 Å². The Labute approximate surface area is 83.3 Å². The minimum absolute atomic E-state index is 0.0405. The van der Waals surface area contributed by atoms with Crippen molar-refractivity contribution in [1.82, 2.24) is 0 Å². The van der Waals surface area contributed by atoms with Crippen LogP contribution in [-0.4, -0.2) is 0 Å². The average molecular weight is 239 g/mol. The first-order valence-corrected chi connectivity index (χ1v) is 5.00. The van der Waals surface area contributed by atoms with Gasteiger partial charge < -0.3 is 4.42 Å². The molecule has 0 bridgehead atoms. The van der Waals surface area contributed by atoms with E-state index in [4.69, 9.17) is 4.42 Å². The molecule has 0 atom stereocenters. The van der Waals surface area contributed by atoms with Crippen LogP contribution in [0, 0.1) is 0 Å². The zero-order chi connectivity index (χ0) is 9.26. The summed E-state index contributed by atoms with van der Waals surface area (Å²) in [6.07, 6.45) is 1.50. The highest BCUT2D eigenvalue weighted by Crippen LogP contribution is 2.11. The fourth-order valence-electron chi connectivity index (χ4n) is 1.21. The molecule has 0 aliphatic heterocycles. The fraction of sp³-hybridized carbons (Fsp3) is 0.100. The Hall–Kier alpha value is -1.09. The zero-order valence-corrected chi connectivity index (χ0v) is 8.37. The van der Waals surface area contributed by atoms with Crippen LogP contribution in [0.15, 0.2) is 39.7 Å². The Balaban J connectivity index is 2.87. The van der Waals surface area contributed by atoms with Crippen molar-refractivity contribution in [1.29, 1.82) is 0 Å². The molecule has 0 unspecified atom stereocenters. The molecule has 2 nitrogen and oxygen atoms in total. The number of alkyl halides is 1. The predicted octanol–water partition coefficient (Wildman–Crippen LogP) is 2.69. The van der Waals surface area contributed by atoms with Gasteiger partial charge in [0, 0.05) is 10.9 Å². The summed E-state index contributed by atoms with van der Waals surface area (Å²) in [5, 5.41) is 1.17. The highest BCUT2D eigenvalue weighted by molar-refractivity contribution is 9.08. The van der Waals surface area contributed by atoms with E-state index in [1.807, 2.05) is 12.1 Å². The Kier molecular flexibility index (Phi) is 2.19. The average Bonchev–Trinajstić information content (AvgIpc) is 2.19.